The molecule has 23 heavy (non-hydrogen) atoms. The van der Waals surface area contributed by atoms with Gasteiger partial charge >= 0.3 is 12.1 Å². The number of halogens is 3. The number of fused-ring (bicyclic) bond motifs is 2. The quantitative estimate of drug-likeness (QED) is 0.710. The van der Waals surface area contributed by atoms with Crippen molar-refractivity contribution in [3.05, 3.63) is 0 Å². The molecule has 0 amide bonds. The van der Waals surface area contributed by atoms with Crippen molar-refractivity contribution in [1.82, 2.24) is 0 Å². The molecule has 2 rings (SSSR count). The molecule has 5 unspecified atom stereocenters. The van der Waals surface area contributed by atoms with E-state index in [0.717, 1.165) is 6.42 Å². The fourth-order valence-electron chi connectivity index (χ4n) is 3.98. The highest BCUT2D eigenvalue weighted by Gasteiger charge is 2.73. The summed E-state index contributed by atoms with van der Waals surface area (Å²) in [4.78, 5) is 12.5. The normalized spacial score (nSPS) is 35.4. The van der Waals surface area contributed by atoms with Gasteiger partial charge in [0.25, 0.3) is 0 Å². The zero-order chi connectivity index (χ0) is 17.6. The van der Waals surface area contributed by atoms with E-state index in [0.29, 0.717) is 12.8 Å². The minimum absolute atomic E-state index is 0.107. The second-order valence-corrected chi connectivity index (χ2v) is 8.01. The zero-order valence-electron chi connectivity index (χ0n) is 14.5. The Balaban J connectivity index is 2.31. The molecular formula is C17H27F3O3. The first-order valence-corrected chi connectivity index (χ1v) is 8.36. The van der Waals surface area contributed by atoms with Crippen LogP contribution in [0.25, 0.3) is 0 Å². The number of carbonyl (C=O) groups excluding carboxylic acids is 1. The molecule has 5 atom stereocenters. The molecule has 0 radical (unpaired) electrons. The van der Waals surface area contributed by atoms with E-state index in [-0.39, 0.29) is 18.4 Å². The Hall–Kier alpha value is -0.780. The minimum Gasteiger partial charge on any atom is -0.459 e. The van der Waals surface area contributed by atoms with Gasteiger partial charge in [-0.3, -0.25) is 4.79 Å². The lowest BCUT2D eigenvalue weighted by molar-refractivity contribution is -0.264. The Morgan fingerprint density at radius 3 is 2.30 bits per heavy atom. The maximum absolute atomic E-state index is 13.9. The van der Waals surface area contributed by atoms with E-state index < -0.39 is 35.2 Å². The maximum atomic E-state index is 13.9. The van der Waals surface area contributed by atoms with Crippen molar-refractivity contribution < 1.29 is 27.4 Å². The third kappa shape index (κ3) is 3.37. The monoisotopic (exact) mass is 336 g/mol. The van der Waals surface area contributed by atoms with Gasteiger partial charge in [-0.1, -0.05) is 6.92 Å². The van der Waals surface area contributed by atoms with Crippen molar-refractivity contribution in [2.24, 2.45) is 17.3 Å². The predicted molar refractivity (Wildman–Crippen MR) is 79.8 cm³/mol. The van der Waals surface area contributed by atoms with E-state index in [1.807, 2.05) is 13.8 Å². The molecule has 0 heterocycles. The van der Waals surface area contributed by atoms with Crippen molar-refractivity contribution in [2.75, 3.05) is 0 Å². The summed E-state index contributed by atoms with van der Waals surface area (Å²) in [5.74, 6) is -2.10. The minimum atomic E-state index is -4.62. The molecule has 2 saturated carbocycles. The Bertz CT molecular complexity index is 455. The van der Waals surface area contributed by atoms with Crippen LogP contribution < -0.4 is 0 Å². The van der Waals surface area contributed by atoms with E-state index in [1.165, 1.54) is 0 Å². The summed E-state index contributed by atoms with van der Waals surface area (Å²) in [6.45, 7) is 8.57. The first kappa shape index (κ1) is 18.6. The average molecular weight is 336 g/mol. The van der Waals surface area contributed by atoms with Crippen LogP contribution in [-0.4, -0.2) is 30.0 Å². The number of hydrogen-bond donors (Lipinski definition) is 0. The van der Waals surface area contributed by atoms with Gasteiger partial charge in [-0.2, -0.15) is 13.2 Å². The second kappa shape index (κ2) is 5.94. The third-order valence-corrected chi connectivity index (χ3v) is 5.10. The number of ether oxygens (including phenoxy) is 2. The van der Waals surface area contributed by atoms with Crippen LogP contribution in [0.4, 0.5) is 13.2 Å². The van der Waals surface area contributed by atoms with Gasteiger partial charge in [-0.25, -0.2) is 0 Å². The number of alkyl halides is 3. The summed E-state index contributed by atoms with van der Waals surface area (Å²) in [6, 6.07) is 0. The summed E-state index contributed by atoms with van der Waals surface area (Å²) < 4.78 is 52.8. The molecule has 6 heteroatoms. The molecule has 2 fully saturated rings. The second-order valence-electron chi connectivity index (χ2n) is 8.01. The zero-order valence-corrected chi connectivity index (χ0v) is 14.5. The van der Waals surface area contributed by atoms with E-state index in [1.54, 1.807) is 20.8 Å². The summed E-state index contributed by atoms with van der Waals surface area (Å²) in [6.07, 6.45) is -3.68. The highest BCUT2D eigenvalue weighted by molar-refractivity contribution is 5.79. The Kier molecular flexibility index (Phi) is 4.79. The van der Waals surface area contributed by atoms with Crippen molar-refractivity contribution in [3.63, 3.8) is 0 Å². The van der Waals surface area contributed by atoms with Gasteiger partial charge < -0.3 is 9.47 Å². The third-order valence-electron chi connectivity index (χ3n) is 5.10. The van der Waals surface area contributed by atoms with Crippen LogP contribution in [0.2, 0.25) is 0 Å². The molecule has 0 aromatic heterocycles. The van der Waals surface area contributed by atoms with E-state index in [2.05, 4.69) is 0 Å². The SMILES string of the molecule is CCC(C)OC1CC2CC1C(C(=O)OC(C)(C)C)(C(F)(F)F)C2. The Labute approximate surface area is 135 Å². The fourth-order valence-corrected chi connectivity index (χ4v) is 3.98. The van der Waals surface area contributed by atoms with Crippen LogP contribution in [0.5, 0.6) is 0 Å². The first-order valence-electron chi connectivity index (χ1n) is 8.36. The van der Waals surface area contributed by atoms with Crippen LogP contribution in [0, 0.1) is 17.3 Å². The summed E-state index contributed by atoms with van der Waals surface area (Å²) >= 11 is 0. The number of esters is 1. The highest BCUT2D eigenvalue weighted by Crippen LogP contribution is 2.64. The van der Waals surface area contributed by atoms with Crippen LogP contribution >= 0.6 is 0 Å². The van der Waals surface area contributed by atoms with Crippen molar-refractivity contribution >= 4 is 5.97 Å². The van der Waals surface area contributed by atoms with Crippen molar-refractivity contribution in [3.8, 4) is 0 Å². The molecule has 0 aromatic carbocycles. The van der Waals surface area contributed by atoms with E-state index >= 15 is 0 Å². The molecule has 2 bridgehead atoms. The number of hydrogen-bond acceptors (Lipinski definition) is 3. The molecule has 3 nitrogen and oxygen atoms in total. The molecule has 134 valence electrons. The summed E-state index contributed by atoms with van der Waals surface area (Å²) in [5, 5.41) is 0. The average Bonchev–Trinajstić information content (AvgIpc) is 2.93. The van der Waals surface area contributed by atoms with Crippen LogP contribution in [-0.2, 0) is 14.3 Å². The number of carbonyl (C=O) groups is 1. The van der Waals surface area contributed by atoms with E-state index in [4.69, 9.17) is 9.47 Å². The Morgan fingerprint density at radius 2 is 1.87 bits per heavy atom. The molecule has 0 aromatic rings. The molecule has 0 N–H and O–H groups in total. The van der Waals surface area contributed by atoms with Crippen molar-refractivity contribution in [2.45, 2.75) is 84.3 Å². The van der Waals surface area contributed by atoms with Gasteiger partial charge in [0.1, 0.15) is 5.60 Å². The van der Waals surface area contributed by atoms with Gasteiger partial charge in [-0.15, -0.1) is 0 Å². The standard InChI is InChI=1S/C17H27F3O3/c1-6-10(2)22-13-8-11-7-12(13)16(9-11,17(18,19)20)14(21)23-15(3,4)5/h10-13H,6-9H2,1-5H3. The topological polar surface area (TPSA) is 35.5 Å². The van der Waals surface area contributed by atoms with Crippen molar-refractivity contribution in [1.29, 1.82) is 0 Å². The number of rotatable bonds is 4. The molecule has 0 saturated heterocycles. The van der Waals surface area contributed by atoms with Gasteiger partial charge in [0.15, 0.2) is 5.41 Å². The van der Waals surface area contributed by atoms with Crippen LogP contribution in [0.15, 0.2) is 0 Å². The Morgan fingerprint density at radius 1 is 1.26 bits per heavy atom. The summed E-state index contributed by atoms with van der Waals surface area (Å²) in [5.41, 5.74) is -3.36. The first-order chi connectivity index (χ1) is 10.4. The van der Waals surface area contributed by atoms with Gasteiger partial charge in [0.05, 0.1) is 12.2 Å². The predicted octanol–water partition coefficient (Wildman–Crippen LogP) is 4.49. The lowest BCUT2D eigenvalue weighted by Crippen LogP contribution is -2.55. The van der Waals surface area contributed by atoms with Gasteiger partial charge in [-0.05, 0) is 59.3 Å². The van der Waals surface area contributed by atoms with Crippen LogP contribution in [0.1, 0.15) is 60.3 Å². The molecule has 2 aliphatic rings. The fraction of sp³-hybridized carbons (Fsp3) is 0.941. The molecular weight excluding hydrogens is 309 g/mol. The van der Waals surface area contributed by atoms with Gasteiger partial charge in [0.2, 0.25) is 0 Å². The van der Waals surface area contributed by atoms with Gasteiger partial charge in [0, 0.05) is 5.92 Å². The smallest absolute Gasteiger partial charge is 0.405 e. The molecule has 2 aliphatic carbocycles. The highest BCUT2D eigenvalue weighted by atomic mass is 19.4. The maximum Gasteiger partial charge on any atom is 0.405 e. The van der Waals surface area contributed by atoms with Crippen LogP contribution in [0.3, 0.4) is 0 Å². The summed E-state index contributed by atoms with van der Waals surface area (Å²) in [7, 11) is 0. The molecule has 0 aliphatic heterocycles. The van der Waals surface area contributed by atoms with E-state index in [9.17, 15) is 18.0 Å². The lowest BCUT2D eigenvalue weighted by Gasteiger charge is -2.42. The lowest BCUT2D eigenvalue weighted by atomic mass is 9.71. The largest absolute Gasteiger partial charge is 0.459 e. The molecule has 0 spiro atoms.